The van der Waals surface area contributed by atoms with Crippen molar-refractivity contribution in [3.05, 3.63) is 54.1 Å². The number of thiocarbonyl (C=S) groups is 1. The monoisotopic (exact) mass is 314 g/mol. The Hall–Kier alpha value is -2.07. The third kappa shape index (κ3) is 4.74. The Labute approximate surface area is 137 Å². The highest BCUT2D eigenvalue weighted by Crippen LogP contribution is 2.19. The molecule has 0 fully saturated rings. The zero-order valence-corrected chi connectivity index (χ0v) is 14.0. The summed E-state index contributed by atoms with van der Waals surface area (Å²) in [5.41, 5.74) is 3.21. The second-order valence-electron chi connectivity index (χ2n) is 5.32. The maximum Gasteiger partial charge on any atom is 0.175 e. The first kappa shape index (κ1) is 16.3. The highest BCUT2D eigenvalue weighted by atomic mass is 32.1. The number of anilines is 2. The minimum absolute atomic E-state index is 0.495. The fraction of sp³-hybridized carbons (Fsp3) is 0.278. The van der Waals surface area contributed by atoms with E-state index in [1.807, 2.05) is 43.3 Å². The largest absolute Gasteiger partial charge is 0.494 e. The standard InChI is InChI=1S/C18H22N2OS/c1-4-21-17-10-8-15(9-11-17)19-18(22)20-16-7-5-6-14(12-16)13(2)3/h5-13H,4H2,1-3H3,(H2,19,20,22). The Morgan fingerprint density at radius 3 is 2.36 bits per heavy atom. The lowest BCUT2D eigenvalue weighted by Gasteiger charge is -2.13. The molecule has 0 heterocycles. The van der Waals surface area contributed by atoms with Crippen LogP contribution in [-0.2, 0) is 0 Å². The Bertz CT molecular complexity index is 623. The van der Waals surface area contributed by atoms with Crippen LogP contribution in [0.3, 0.4) is 0 Å². The number of rotatable bonds is 5. The molecule has 0 amide bonds. The summed E-state index contributed by atoms with van der Waals surface area (Å²) >= 11 is 5.36. The third-order valence-electron chi connectivity index (χ3n) is 3.23. The first-order chi connectivity index (χ1) is 10.6. The van der Waals surface area contributed by atoms with Crippen LogP contribution in [0.15, 0.2) is 48.5 Å². The smallest absolute Gasteiger partial charge is 0.175 e. The summed E-state index contributed by atoms with van der Waals surface area (Å²) in [6, 6.07) is 16.0. The van der Waals surface area contributed by atoms with E-state index >= 15 is 0 Å². The van der Waals surface area contributed by atoms with Crippen LogP contribution in [0.2, 0.25) is 0 Å². The summed E-state index contributed by atoms with van der Waals surface area (Å²) in [7, 11) is 0. The van der Waals surface area contributed by atoms with Crippen molar-refractivity contribution in [3.63, 3.8) is 0 Å². The van der Waals surface area contributed by atoms with Crippen LogP contribution in [0.1, 0.15) is 32.3 Å². The number of hydrogen-bond donors (Lipinski definition) is 2. The lowest BCUT2D eigenvalue weighted by Crippen LogP contribution is -2.19. The predicted octanol–water partition coefficient (Wildman–Crippen LogP) is 5.02. The van der Waals surface area contributed by atoms with Crippen molar-refractivity contribution in [3.8, 4) is 5.75 Å². The molecule has 3 nitrogen and oxygen atoms in total. The summed E-state index contributed by atoms with van der Waals surface area (Å²) in [4.78, 5) is 0. The van der Waals surface area contributed by atoms with Crippen LogP contribution in [0.5, 0.6) is 5.75 Å². The molecule has 0 atom stereocenters. The van der Waals surface area contributed by atoms with Crippen molar-refractivity contribution in [1.82, 2.24) is 0 Å². The van der Waals surface area contributed by atoms with Gasteiger partial charge in [0.05, 0.1) is 6.61 Å². The van der Waals surface area contributed by atoms with Crippen LogP contribution < -0.4 is 15.4 Å². The van der Waals surface area contributed by atoms with E-state index in [1.165, 1.54) is 5.56 Å². The highest BCUT2D eigenvalue weighted by Gasteiger charge is 2.03. The topological polar surface area (TPSA) is 33.3 Å². The molecule has 0 aromatic heterocycles. The van der Waals surface area contributed by atoms with Gasteiger partial charge in [0.2, 0.25) is 0 Å². The normalized spacial score (nSPS) is 10.4. The molecule has 22 heavy (non-hydrogen) atoms. The van der Waals surface area contributed by atoms with E-state index in [2.05, 4.69) is 36.6 Å². The van der Waals surface area contributed by atoms with Gasteiger partial charge in [-0.05, 0) is 67.0 Å². The first-order valence-electron chi connectivity index (χ1n) is 7.49. The zero-order chi connectivity index (χ0) is 15.9. The molecule has 4 heteroatoms. The molecule has 0 spiro atoms. The van der Waals surface area contributed by atoms with Gasteiger partial charge >= 0.3 is 0 Å². The fourth-order valence-corrected chi connectivity index (χ4v) is 2.31. The maximum atomic E-state index is 5.42. The predicted molar refractivity (Wildman–Crippen MR) is 98.0 cm³/mol. The maximum absolute atomic E-state index is 5.42. The van der Waals surface area contributed by atoms with Gasteiger partial charge in [-0.1, -0.05) is 26.0 Å². The van der Waals surface area contributed by atoms with E-state index in [0.29, 0.717) is 17.6 Å². The van der Waals surface area contributed by atoms with Crippen molar-refractivity contribution >= 4 is 28.7 Å². The minimum Gasteiger partial charge on any atom is -0.494 e. The van der Waals surface area contributed by atoms with Gasteiger partial charge in [0.25, 0.3) is 0 Å². The molecular weight excluding hydrogens is 292 g/mol. The highest BCUT2D eigenvalue weighted by molar-refractivity contribution is 7.80. The molecule has 0 aliphatic carbocycles. The number of nitrogens with one attached hydrogen (secondary N) is 2. The van der Waals surface area contributed by atoms with E-state index in [1.54, 1.807) is 0 Å². The Morgan fingerprint density at radius 1 is 1.05 bits per heavy atom. The molecular formula is C18H22N2OS. The number of hydrogen-bond acceptors (Lipinski definition) is 2. The van der Waals surface area contributed by atoms with Crippen LogP contribution in [0.25, 0.3) is 0 Å². The van der Waals surface area contributed by atoms with Gasteiger partial charge in [-0.2, -0.15) is 0 Å². The number of ether oxygens (including phenoxy) is 1. The van der Waals surface area contributed by atoms with Gasteiger partial charge in [-0.25, -0.2) is 0 Å². The van der Waals surface area contributed by atoms with Gasteiger partial charge in [0.1, 0.15) is 5.75 Å². The van der Waals surface area contributed by atoms with Crippen LogP contribution >= 0.6 is 12.2 Å². The second kappa shape index (κ2) is 7.80. The second-order valence-corrected chi connectivity index (χ2v) is 5.72. The fourth-order valence-electron chi connectivity index (χ4n) is 2.07. The van der Waals surface area contributed by atoms with Gasteiger partial charge in [0, 0.05) is 11.4 Å². The average molecular weight is 314 g/mol. The third-order valence-corrected chi connectivity index (χ3v) is 3.44. The number of benzene rings is 2. The molecule has 2 N–H and O–H groups in total. The van der Waals surface area contributed by atoms with Crippen molar-refractivity contribution in [2.75, 3.05) is 17.2 Å². The molecule has 0 bridgehead atoms. The van der Waals surface area contributed by atoms with Crippen molar-refractivity contribution in [2.45, 2.75) is 26.7 Å². The quantitative estimate of drug-likeness (QED) is 0.759. The van der Waals surface area contributed by atoms with E-state index in [4.69, 9.17) is 17.0 Å². The molecule has 0 saturated carbocycles. The van der Waals surface area contributed by atoms with Crippen LogP contribution in [0, 0.1) is 0 Å². The van der Waals surface area contributed by atoms with E-state index in [-0.39, 0.29) is 0 Å². The van der Waals surface area contributed by atoms with E-state index in [9.17, 15) is 0 Å². The molecule has 0 radical (unpaired) electrons. The van der Waals surface area contributed by atoms with Crippen molar-refractivity contribution in [2.24, 2.45) is 0 Å². The lowest BCUT2D eigenvalue weighted by atomic mass is 10.0. The lowest BCUT2D eigenvalue weighted by molar-refractivity contribution is 0.340. The van der Waals surface area contributed by atoms with E-state index < -0.39 is 0 Å². The Kier molecular flexibility index (Phi) is 5.78. The van der Waals surface area contributed by atoms with Gasteiger partial charge in [-0.15, -0.1) is 0 Å². The minimum atomic E-state index is 0.495. The van der Waals surface area contributed by atoms with Crippen molar-refractivity contribution < 1.29 is 4.74 Å². The molecule has 2 aromatic rings. The molecule has 0 saturated heterocycles. The SMILES string of the molecule is CCOc1ccc(NC(=S)Nc2cccc(C(C)C)c2)cc1. The summed E-state index contributed by atoms with van der Waals surface area (Å²) in [5.74, 6) is 1.35. The molecule has 0 aliphatic rings. The summed E-state index contributed by atoms with van der Waals surface area (Å²) < 4.78 is 5.42. The summed E-state index contributed by atoms with van der Waals surface area (Å²) in [5, 5.41) is 6.96. The molecule has 0 unspecified atom stereocenters. The van der Waals surface area contributed by atoms with Crippen molar-refractivity contribution in [1.29, 1.82) is 0 Å². The van der Waals surface area contributed by atoms with Crippen LogP contribution in [0.4, 0.5) is 11.4 Å². The average Bonchev–Trinajstić information content (AvgIpc) is 2.49. The first-order valence-corrected chi connectivity index (χ1v) is 7.90. The van der Waals surface area contributed by atoms with Gasteiger partial charge in [-0.3, -0.25) is 0 Å². The molecule has 116 valence electrons. The Balaban J connectivity index is 1.96. The molecule has 2 rings (SSSR count). The summed E-state index contributed by atoms with van der Waals surface area (Å²) in [6.07, 6.45) is 0. The summed E-state index contributed by atoms with van der Waals surface area (Å²) in [6.45, 7) is 6.99. The van der Waals surface area contributed by atoms with E-state index in [0.717, 1.165) is 17.1 Å². The molecule has 0 aliphatic heterocycles. The van der Waals surface area contributed by atoms with Gasteiger partial charge < -0.3 is 15.4 Å². The van der Waals surface area contributed by atoms with Gasteiger partial charge in [0.15, 0.2) is 5.11 Å². The zero-order valence-electron chi connectivity index (χ0n) is 13.2. The Morgan fingerprint density at radius 2 is 1.73 bits per heavy atom. The van der Waals surface area contributed by atoms with Crippen LogP contribution in [-0.4, -0.2) is 11.7 Å². The molecule has 2 aromatic carbocycles.